The van der Waals surface area contributed by atoms with Crippen LogP contribution in [-0.4, -0.2) is 76.9 Å². The first-order valence-electron chi connectivity index (χ1n) is 9.37. The van der Waals surface area contributed by atoms with Gasteiger partial charge in [-0.3, -0.25) is 14.5 Å². The van der Waals surface area contributed by atoms with E-state index in [1.165, 1.54) is 18.2 Å². The number of aromatic hydroxyl groups is 1. The molecule has 0 aliphatic carbocycles. The smallest absolute Gasteiger partial charge is 0.254 e. The number of benzene rings is 1. The number of hydrogen-bond acceptors (Lipinski definition) is 5. The van der Waals surface area contributed by atoms with Crippen molar-refractivity contribution >= 4 is 11.8 Å². The molecule has 7 heteroatoms. The maximum Gasteiger partial charge on any atom is 0.254 e. The van der Waals surface area contributed by atoms with E-state index in [0.29, 0.717) is 18.7 Å². The van der Waals surface area contributed by atoms with Gasteiger partial charge in [-0.2, -0.15) is 5.26 Å². The van der Waals surface area contributed by atoms with Crippen LogP contribution in [0.3, 0.4) is 0 Å². The van der Waals surface area contributed by atoms with E-state index >= 15 is 0 Å². The molecular formula is C20H26N4O3. The van der Waals surface area contributed by atoms with Crippen molar-refractivity contribution in [1.29, 1.82) is 5.26 Å². The van der Waals surface area contributed by atoms with Gasteiger partial charge < -0.3 is 14.9 Å². The van der Waals surface area contributed by atoms with Gasteiger partial charge in [0.15, 0.2) is 0 Å². The van der Waals surface area contributed by atoms with Crippen LogP contribution < -0.4 is 0 Å². The number of carbonyl (C=O) groups excluding carboxylic acids is 2. The molecular weight excluding hydrogens is 344 g/mol. The van der Waals surface area contributed by atoms with E-state index in [1.807, 2.05) is 36.9 Å². The van der Waals surface area contributed by atoms with E-state index in [9.17, 15) is 14.7 Å². The summed E-state index contributed by atoms with van der Waals surface area (Å²) in [5, 5.41) is 18.8. The van der Waals surface area contributed by atoms with Crippen LogP contribution in [0.15, 0.2) is 18.2 Å². The topological polar surface area (TPSA) is 87.9 Å². The van der Waals surface area contributed by atoms with Crippen LogP contribution in [0.5, 0.6) is 5.75 Å². The minimum absolute atomic E-state index is 0.0215. The number of amides is 2. The number of nitriles is 1. The van der Waals surface area contributed by atoms with Crippen molar-refractivity contribution in [2.75, 3.05) is 27.2 Å². The second-order valence-electron chi connectivity index (χ2n) is 7.60. The summed E-state index contributed by atoms with van der Waals surface area (Å²) < 4.78 is 0. The first-order valence-corrected chi connectivity index (χ1v) is 9.37. The van der Waals surface area contributed by atoms with Gasteiger partial charge in [0.05, 0.1) is 17.7 Å². The summed E-state index contributed by atoms with van der Waals surface area (Å²) >= 11 is 0. The molecule has 2 unspecified atom stereocenters. The van der Waals surface area contributed by atoms with Crippen molar-refractivity contribution in [3.05, 3.63) is 29.3 Å². The average molecular weight is 370 g/mol. The summed E-state index contributed by atoms with van der Waals surface area (Å²) in [5.41, 5.74) is 0.575. The van der Waals surface area contributed by atoms with Gasteiger partial charge >= 0.3 is 0 Å². The summed E-state index contributed by atoms with van der Waals surface area (Å²) in [6, 6.07) is 6.06. The number of fused-ring (bicyclic) bond motifs is 3. The molecule has 1 aromatic rings. The Morgan fingerprint density at radius 1 is 1.22 bits per heavy atom. The Balaban J connectivity index is 1.78. The van der Waals surface area contributed by atoms with Crippen LogP contribution in [0.1, 0.15) is 42.1 Å². The lowest BCUT2D eigenvalue weighted by molar-refractivity contribution is -0.145. The molecule has 3 aliphatic rings. The lowest BCUT2D eigenvalue weighted by atomic mass is 9.89. The number of phenols is 1. The molecule has 0 spiro atoms. The van der Waals surface area contributed by atoms with Crippen LogP contribution in [0.2, 0.25) is 0 Å². The molecule has 2 amide bonds. The second-order valence-corrected chi connectivity index (χ2v) is 7.60. The van der Waals surface area contributed by atoms with E-state index < -0.39 is 0 Å². The van der Waals surface area contributed by atoms with Gasteiger partial charge in [-0.25, -0.2) is 0 Å². The summed E-state index contributed by atoms with van der Waals surface area (Å²) in [7, 11) is 3.83. The molecule has 2 bridgehead atoms. The standard InChI is InChI=1S/C20H26N4O3/c1-4-18(22(2)3)20(27)24-12-15-5-6-16(24)11-23(15)19(26)14-7-13(10-21)8-17(25)9-14/h7-9,15-16,18,25H,4-6,11-12H2,1-3H3/t15?,16?,18-/m0/s1. The molecule has 3 fully saturated rings. The highest BCUT2D eigenvalue weighted by Crippen LogP contribution is 2.31. The van der Waals surface area contributed by atoms with Gasteiger partial charge in [0.1, 0.15) is 5.75 Å². The molecule has 7 nitrogen and oxygen atoms in total. The predicted molar refractivity (Wildman–Crippen MR) is 100 cm³/mol. The minimum atomic E-state index is -0.191. The molecule has 27 heavy (non-hydrogen) atoms. The Hall–Kier alpha value is -2.59. The lowest BCUT2D eigenvalue weighted by Gasteiger charge is -2.52. The number of nitrogens with zero attached hydrogens (tertiary/aromatic N) is 4. The number of piperazine rings is 1. The van der Waals surface area contributed by atoms with Gasteiger partial charge in [0.25, 0.3) is 5.91 Å². The third-order valence-electron chi connectivity index (χ3n) is 5.66. The molecule has 0 radical (unpaired) electrons. The molecule has 4 rings (SSSR count). The second kappa shape index (κ2) is 7.57. The Morgan fingerprint density at radius 3 is 2.37 bits per heavy atom. The van der Waals surface area contributed by atoms with Crippen molar-refractivity contribution in [1.82, 2.24) is 14.7 Å². The first kappa shape index (κ1) is 19.2. The van der Waals surface area contributed by atoms with Crippen LogP contribution in [0.25, 0.3) is 0 Å². The fourth-order valence-corrected chi connectivity index (χ4v) is 4.26. The Kier molecular flexibility index (Phi) is 5.38. The molecule has 1 aromatic carbocycles. The van der Waals surface area contributed by atoms with Crippen molar-refractivity contribution in [3.63, 3.8) is 0 Å². The Bertz CT molecular complexity index is 786. The van der Waals surface area contributed by atoms with E-state index in [-0.39, 0.29) is 41.3 Å². The fourth-order valence-electron chi connectivity index (χ4n) is 4.26. The van der Waals surface area contributed by atoms with Crippen LogP contribution in [0.4, 0.5) is 0 Å². The lowest BCUT2D eigenvalue weighted by Crippen LogP contribution is -2.66. The number of likely N-dealkylation sites (N-methyl/N-ethyl adjacent to an activating group) is 1. The molecule has 3 saturated heterocycles. The van der Waals surface area contributed by atoms with E-state index in [1.54, 1.807) is 4.90 Å². The molecule has 3 atom stereocenters. The summed E-state index contributed by atoms with van der Waals surface area (Å²) in [6.07, 6.45) is 2.51. The van der Waals surface area contributed by atoms with Crippen molar-refractivity contribution in [2.24, 2.45) is 0 Å². The van der Waals surface area contributed by atoms with Crippen LogP contribution in [-0.2, 0) is 4.79 Å². The largest absolute Gasteiger partial charge is 0.508 e. The van der Waals surface area contributed by atoms with E-state index in [2.05, 4.69) is 0 Å². The average Bonchev–Trinajstić information content (AvgIpc) is 2.67. The molecule has 3 aliphatic heterocycles. The first-order chi connectivity index (χ1) is 12.8. The maximum absolute atomic E-state index is 13.0. The SMILES string of the molecule is CC[C@@H](C(=O)N1CC2CCC1CN2C(=O)c1cc(O)cc(C#N)c1)N(C)C. The number of piperidine rings is 2. The number of phenolic OH excluding ortho intramolecular Hbond substituents is 1. The third-order valence-corrected chi connectivity index (χ3v) is 5.66. The molecule has 1 N–H and O–H groups in total. The summed E-state index contributed by atoms with van der Waals surface area (Å²) in [5.74, 6) is -0.148. The van der Waals surface area contributed by atoms with Crippen LogP contribution >= 0.6 is 0 Å². The van der Waals surface area contributed by atoms with Crippen molar-refractivity contribution < 1.29 is 14.7 Å². The minimum Gasteiger partial charge on any atom is -0.508 e. The molecule has 0 aromatic heterocycles. The zero-order valence-corrected chi connectivity index (χ0v) is 16.1. The third kappa shape index (κ3) is 3.62. The Labute approximate surface area is 159 Å². The number of rotatable bonds is 4. The number of hydrogen-bond donors (Lipinski definition) is 1. The van der Waals surface area contributed by atoms with Crippen LogP contribution in [0, 0.1) is 11.3 Å². The fraction of sp³-hybridized carbons (Fsp3) is 0.550. The van der Waals surface area contributed by atoms with Crippen molar-refractivity contribution in [2.45, 2.75) is 44.3 Å². The van der Waals surface area contributed by atoms with E-state index in [4.69, 9.17) is 5.26 Å². The summed E-state index contributed by atoms with van der Waals surface area (Å²) in [6.45, 7) is 3.05. The predicted octanol–water partition coefficient (Wildman–Crippen LogP) is 1.42. The van der Waals surface area contributed by atoms with Gasteiger partial charge in [-0.1, -0.05) is 6.92 Å². The highest BCUT2D eigenvalue weighted by Gasteiger charge is 2.44. The normalized spacial score (nSPS) is 22.6. The number of carbonyl (C=O) groups is 2. The van der Waals surface area contributed by atoms with Gasteiger partial charge in [-0.15, -0.1) is 0 Å². The zero-order valence-electron chi connectivity index (χ0n) is 16.1. The van der Waals surface area contributed by atoms with Gasteiger partial charge in [-0.05, 0) is 51.6 Å². The molecule has 144 valence electrons. The molecule has 0 saturated carbocycles. The van der Waals surface area contributed by atoms with Gasteiger partial charge in [0, 0.05) is 30.7 Å². The quantitative estimate of drug-likeness (QED) is 0.866. The van der Waals surface area contributed by atoms with Crippen molar-refractivity contribution in [3.8, 4) is 11.8 Å². The highest BCUT2D eigenvalue weighted by atomic mass is 16.3. The monoisotopic (exact) mass is 370 g/mol. The van der Waals surface area contributed by atoms with Gasteiger partial charge in [0.2, 0.25) is 5.91 Å². The zero-order chi connectivity index (χ0) is 19.7. The summed E-state index contributed by atoms with van der Waals surface area (Å²) in [4.78, 5) is 31.6. The van der Waals surface area contributed by atoms with E-state index in [0.717, 1.165) is 19.3 Å². The highest BCUT2D eigenvalue weighted by molar-refractivity contribution is 5.95. The Morgan fingerprint density at radius 2 is 1.85 bits per heavy atom. The molecule has 3 heterocycles. The maximum atomic E-state index is 13.0.